The first kappa shape index (κ1) is 16.2. The Morgan fingerprint density at radius 1 is 1.08 bits per heavy atom. The molecule has 1 aliphatic carbocycles. The number of nitrogens with zero attached hydrogens (tertiary/aromatic N) is 1. The van der Waals surface area contributed by atoms with Crippen molar-refractivity contribution in [3.8, 4) is 0 Å². The van der Waals surface area contributed by atoms with E-state index in [-0.39, 0.29) is 23.7 Å². The fraction of sp³-hybridized carbons (Fsp3) is 0.316. The molecule has 5 nitrogen and oxygen atoms in total. The molecule has 3 rings (SSSR count). The fourth-order valence-corrected chi connectivity index (χ4v) is 2.64. The van der Waals surface area contributed by atoms with Crippen LogP contribution in [0.5, 0.6) is 0 Å². The standard InChI is InChI=1S/C19H21N3O2/c1-12-6-7-14(9-13(12)2)22-19(24)17-10-16(17)18(23)21-11-15-5-3-4-8-20-15/h3-9,16-17H,10-11H2,1-2H3,(H,21,23)(H,22,24). The van der Waals surface area contributed by atoms with E-state index < -0.39 is 0 Å². The van der Waals surface area contributed by atoms with Gasteiger partial charge in [0, 0.05) is 11.9 Å². The number of carbonyl (C=O) groups is 2. The average molecular weight is 323 g/mol. The number of hydrogen-bond donors (Lipinski definition) is 2. The maximum absolute atomic E-state index is 12.3. The van der Waals surface area contributed by atoms with E-state index in [1.807, 2.05) is 50.2 Å². The quantitative estimate of drug-likeness (QED) is 0.888. The first-order valence-electron chi connectivity index (χ1n) is 8.10. The maximum atomic E-state index is 12.3. The molecule has 0 radical (unpaired) electrons. The largest absolute Gasteiger partial charge is 0.350 e. The number of nitrogens with one attached hydrogen (secondary N) is 2. The predicted molar refractivity (Wildman–Crippen MR) is 92.2 cm³/mol. The van der Waals surface area contributed by atoms with Gasteiger partial charge in [0.25, 0.3) is 0 Å². The molecule has 1 saturated carbocycles. The number of hydrogen-bond acceptors (Lipinski definition) is 3. The smallest absolute Gasteiger partial charge is 0.228 e. The van der Waals surface area contributed by atoms with Gasteiger partial charge < -0.3 is 10.6 Å². The number of pyridine rings is 1. The number of amides is 2. The third kappa shape index (κ3) is 3.79. The lowest BCUT2D eigenvalue weighted by Crippen LogP contribution is -2.27. The molecular formula is C19H21N3O2. The van der Waals surface area contributed by atoms with Crippen molar-refractivity contribution in [2.75, 3.05) is 5.32 Å². The lowest BCUT2D eigenvalue weighted by atomic mass is 10.1. The number of carbonyl (C=O) groups excluding carboxylic acids is 2. The van der Waals surface area contributed by atoms with Crippen molar-refractivity contribution in [1.29, 1.82) is 0 Å². The number of aryl methyl sites for hydroxylation is 2. The van der Waals surface area contributed by atoms with Crippen LogP contribution >= 0.6 is 0 Å². The SMILES string of the molecule is Cc1ccc(NC(=O)C2CC2C(=O)NCc2ccccn2)cc1C. The number of anilines is 1. The van der Waals surface area contributed by atoms with Gasteiger partial charge in [0.1, 0.15) is 0 Å². The van der Waals surface area contributed by atoms with Gasteiger partial charge in [-0.2, -0.15) is 0 Å². The van der Waals surface area contributed by atoms with Crippen LogP contribution in [0.1, 0.15) is 23.2 Å². The molecule has 2 N–H and O–H groups in total. The van der Waals surface area contributed by atoms with Crippen molar-refractivity contribution in [3.05, 3.63) is 59.4 Å². The Labute approximate surface area is 141 Å². The van der Waals surface area contributed by atoms with Gasteiger partial charge in [-0.15, -0.1) is 0 Å². The number of aromatic nitrogens is 1. The summed E-state index contributed by atoms with van der Waals surface area (Å²) in [7, 11) is 0. The monoisotopic (exact) mass is 323 g/mol. The molecule has 1 aliphatic rings. The minimum atomic E-state index is -0.240. The second-order valence-electron chi connectivity index (χ2n) is 6.28. The molecule has 0 saturated heterocycles. The molecular weight excluding hydrogens is 302 g/mol. The lowest BCUT2D eigenvalue weighted by Gasteiger charge is -2.08. The Bertz CT molecular complexity index is 758. The van der Waals surface area contributed by atoms with E-state index in [0.29, 0.717) is 13.0 Å². The highest BCUT2D eigenvalue weighted by atomic mass is 16.2. The van der Waals surface area contributed by atoms with Crippen molar-refractivity contribution in [3.63, 3.8) is 0 Å². The molecule has 1 aromatic carbocycles. The van der Waals surface area contributed by atoms with E-state index in [1.54, 1.807) is 6.20 Å². The summed E-state index contributed by atoms with van der Waals surface area (Å²) in [5.74, 6) is -0.646. The minimum Gasteiger partial charge on any atom is -0.350 e. The summed E-state index contributed by atoms with van der Waals surface area (Å²) >= 11 is 0. The lowest BCUT2D eigenvalue weighted by molar-refractivity contribution is -0.125. The summed E-state index contributed by atoms with van der Waals surface area (Å²) in [6, 6.07) is 11.4. The highest BCUT2D eigenvalue weighted by Gasteiger charge is 2.47. The molecule has 2 atom stereocenters. The zero-order chi connectivity index (χ0) is 17.1. The van der Waals surface area contributed by atoms with Gasteiger partial charge >= 0.3 is 0 Å². The fourth-order valence-electron chi connectivity index (χ4n) is 2.64. The summed E-state index contributed by atoms with van der Waals surface area (Å²) in [4.78, 5) is 28.5. The molecule has 2 unspecified atom stereocenters. The normalized spacial score (nSPS) is 18.8. The third-order valence-electron chi connectivity index (χ3n) is 4.41. The van der Waals surface area contributed by atoms with Crippen LogP contribution in [0.4, 0.5) is 5.69 Å². The van der Waals surface area contributed by atoms with Crippen LogP contribution in [0.2, 0.25) is 0 Å². The van der Waals surface area contributed by atoms with E-state index in [2.05, 4.69) is 15.6 Å². The Balaban J connectivity index is 1.49. The molecule has 24 heavy (non-hydrogen) atoms. The summed E-state index contributed by atoms with van der Waals surface area (Å²) in [6.45, 7) is 4.43. The second-order valence-corrected chi connectivity index (χ2v) is 6.28. The first-order chi connectivity index (χ1) is 11.5. The molecule has 0 spiro atoms. The van der Waals surface area contributed by atoms with Gasteiger partial charge in [-0.25, -0.2) is 0 Å². The van der Waals surface area contributed by atoms with Crippen LogP contribution in [0.25, 0.3) is 0 Å². The van der Waals surface area contributed by atoms with E-state index in [9.17, 15) is 9.59 Å². The van der Waals surface area contributed by atoms with Gasteiger partial charge in [0.15, 0.2) is 0 Å². The topological polar surface area (TPSA) is 71.1 Å². The maximum Gasteiger partial charge on any atom is 0.228 e. The van der Waals surface area contributed by atoms with Crippen LogP contribution in [-0.2, 0) is 16.1 Å². The average Bonchev–Trinajstić information content (AvgIpc) is 3.38. The summed E-state index contributed by atoms with van der Waals surface area (Å²) in [5.41, 5.74) is 3.91. The molecule has 2 amide bonds. The van der Waals surface area contributed by atoms with Crippen molar-refractivity contribution in [2.24, 2.45) is 11.8 Å². The number of benzene rings is 1. The third-order valence-corrected chi connectivity index (χ3v) is 4.41. The summed E-state index contributed by atoms with van der Waals surface area (Å²) < 4.78 is 0. The number of rotatable bonds is 5. The van der Waals surface area contributed by atoms with Gasteiger partial charge in [-0.1, -0.05) is 12.1 Å². The Morgan fingerprint density at radius 2 is 1.88 bits per heavy atom. The van der Waals surface area contributed by atoms with Crippen LogP contribution < -0.4 is 10.6 Å². The van der Waals surface area contributed by atoms with E-state index in [0.717, 1.165) is 16.9 Å². The van der Waals surface area contributed by atoms with Crippen molar-refractivity contribution in [1.82, 2.24) is 10.3 Å². The second kappa shape index (κ2) is 6.83. The van der Waals surface area contributed by atoms with Crippen LogP contribution in [0, 0.1) is 25.7 Å². The van der Waals surface area contributed by atoms with E-state index >= 15 is 0 Å². The van der Waals surface area contributed by atoms with E-state index in [4.69, 9.17) is 0 Å². The zero-order valence-electron chi connectivity index (χ0n) is 13.9. The highest BCUT2D eigenvalue weighted by molar-refractivity contribution is 5.99. The van der Waals surface area contributed by atoms with Crippen LogP contribution in [0.3, 0.4) is 0 Å². The highest BCUT2D eigenvalue weighted by Crippen LogP contribution is 2.39. The molecule has 1 heterocycles. The molecule has 124 valence electrons. The van der Waals surface area contributed by atoms with Gasteiger partial charge in [-0.3, -0.25) is 14.6 Å². The molecule has 1 aromatic heterocycles. The summed E-state index contributed by atoms with van der Waals surface area (Å²) in [6.07, 6.45) is 2.29. The van der Waals surface area contributed by atoms with Gasteiger partial charge in [0.2, 0.25) is 11.8 Å². The van der Waals surface area contributed by atoms with Crippen molar-refractivity contribution >= 4 is 17.5 Å². The molecule has 2 aromatic rings. The van der Waals surface area contributed by atoms with Gasteiger partial charge in [0.05, 0.1) is 24.1 Å². The molecule has 1 fully saturated rings. The van der Waals surface area contributed by atoms with Crippen molar-refractivity contribution in [2.45, 2.75) is 26.8 Å². The molecule has 0 aliphatic heterocycles. The Kier molecular flexibility index (Phi) is 4.60. The van der Waals surface area contributed by atoms with Crippen LogP contribution in [-0.4, -0.2) is 16.8 Å². The van der Waals surface area contributed by atoms with E-state index in [1.165, 1.54) is 5.56 Å². The van der Waals surface area contributed by atoms with Gasteiger partial charge in [-0.05, 0) is 55.7 Å². The predicted octanol–water partition coefficient (Wildman–Crippen LogP) is 2.59. The summed E-state index contributed by atoms with van der Waals surface area (Å²) in [5, 5.41) is 5.74. The Hall–Kier alpha value is -2.69. The van der Waals surface area contributed by atoms with Crippen LogP contribution in [0.15, 0.2) is 42.6 Å². The molecule has 5 heteroatoms. The first-order valence-corrected chi connectivity index (χ1v) is 8.10. The molecule has 0 bridgehead atoms. The minimum absolute atomic E-state index is 0.0825. The van der Waals surface area contributed by atoms with Crippen molar-refractivity contribution < 1.29 is 9.59 Å². The zero-order valence-corrected chi connectivity index (χ0v) is 13.9. The Morgan fingerprint density at radius 3 is 2.58 bits per heavy atom.